The van der Waals surface area contributed by atoms with E-state index in [9.17, 15) is 4.79 Å². The summed E-state index contributed by atoms with van der Waals surface area (Å²) in [6.07, 6.45) is 1.62. The van der Waals surface area contributed by atoms with Crippen molar-refractivity contribution < 1.29 is 4.79 Å². The summed E-state index contributed by atoms with van der Waals surface area (Å²) in [7, 11) is 0. The van der Waals surface area contributed by atoms with Crippen LogP contribution in [0, 0.1) is 5.92 Å². The van der Waals surface area contributed by atoms with E-state index in [1.807, 2.05) is 32.0 Å². The molecule has 3 N–H and O–H groups in total. The van der Waals surface area contributed by atoms with Crippen LogP contribution < -0.4 is 11.1 Å². The lowest BCUT2D eigenvalue weighted by Gasteiger charge is -2.17. The smallest absolute Gasteiger partial charge is 0.237 e. The first-order valence-electron chi connectivity index (χ1n) is 6.43. The topological polar surface area (TPSA) is 55.1 Å². The molecule has 0 spiro atoms. The highest BCUT2D eigenvalue weighted by molar-refractivity contribution is 9.10. The van der Waals surface area contributed by atoms with Gasteiger partial charge >= 0.3 is 0 Å². The zero-order valence-electron chi connectivity index (χ0n) is 11.7. The molecular formula is C14H21BrCl2N2O. The molecule has 0 radical (unpaired) electrons. The number of nitrogens with two attached hydrogens (primary N) is 1. The summed E-state index contributed by atoms with van der Waals surface area (Å²) >= 11 is 9.41. The second kappa shape index (κ2) is 9.61. The number of halogens is 3. The second-order valence-corrected chi connectivity index (χ2v) is 5.98. The van der Waals surface area contributed by atoms with Gasteiger partial charge in [0.1, 0.15) is 0 Å². The quantitative estimate of drug-likeness (QED) is 0.788. The number of carbonyl (C=O) groups excluding carboxylic acids is 1. The summed E-state index contributed by atoms with van der Waals surface area (Å²) in [5.74, 6) is 0.102. The molecule has 0 bridgehead atoms. The largest absolute Gasteiger partial charge is 0.354 e. The van der Waals surface area contributed by atoms with E-state index in [0.29, 0.717) is 11.6 Å². The Hall–Kier alpha value is -0.290. The van der Waals surface area contributed by atoms with Crippen molar-refractivity contribution in [2.45, 2.75) is 32.7 Å². The fourth-order valence-corrected chi connectivity index (χ4v) is 2.33. The second-order valence-electron chi connectivity index (χ2n) is 4.69. The molecule has 0 aliphatic carbocycles. The normalized spacial score (nSPS) is 13.2. The van der Waals surface area contributed by atoms with Crippen LogP contribution in [0.1, 0.15) is 25.8 Å². The molecule has 0 aliphatic heterocycles. The fraction of sp³-hybridized carbons (Fsp3) is 0.500. The lowest BCUT2D eigenvalue weighted by atomic mass is 9.99. The predicted molar refractivity (Wildman–Crippen MR) is 90.5 cm³/mol. The monoisotopic (exact) mass is 382 g/mol. The molecule has 0 heterocycles. The van der Waals surface area contributed by atoms with Gasteiger partial charge < -0.3 is 11.1 Å². The number of hydrogen-bond donors (Lipinski definition) is 2. The molecule has 1 aromatic carbocycles. The van der Waals surface area contributed by atoms with Crippen LogP contribution >= 0.6 is 39.9 Å². The SMILES string of the molecule is CCC(C)C(N)C(=O)NCCc1cc(Cl)ccc1Br.Cl. The predicted octanol–water partition coefficient (Wildman–Crippen LogP) is 3.56. The van der Waals surface area contributed by atoms with Gasteiger partial charge in [-0.15, -0.1) is 12.4 Å². The molecule has 2 unspecified atom stereocenters. The Balaban J connectivity index is 0.00000361. The van der Waals surface area contributed by atoms with Crippen molar-refractivity contribution in [3.8, 4) is 0 Å². The van der Waals surface area contributed by atoms with Crippen LogP contribution in [0.3, 0.4) is 0 Å². The van der Waals surface area contributed by atoms with E-state index < -0.39 is 6.04 Å². The Labute approximate surface area is 140 Å². The van der Waals surface area contributed by atoms with Gasteiger partial charge in [0.05, 0.1) is 6.04 Å². The summed E-state index contributed by atoms with van der Waals surface area (Å²) in [5, 5.41) is 3.56. The summed E-state index contributed by atoms with van der Waals surface area (Å²) < 4.78 is 0.998. The van der Waals surface area contributed by atoms with Gasteiger partial charge in [-0.2, -0.15) is 0 Å². The molecule has 0 saturated carbocycles. The van der Waals surface area contributed by atoms with Gasteiger partial charge in [-0.05, 0) is 36.1 Å². The molecule has 2 atom stereocenters. The van der Waals surface area contributed by atoms with E-state index in [-0.39, 0.29) is 24.2 Å². The highest BCUT2D eigenvalue weighted by Gasteiger charge is 2.18. The number of carbonyl (C=O) groups is 1. The third-order valence-electron chi connectivity index (χ3n) is 3.26. The Morgan fingerprint density at radius 3 is 2.75 bits per heavy atom. The van der Waals surface area contributed by atoms with Crippen LogP contribution in [-0.4, -0.2) is 18.5 Å². The fourth-order valence-electron chi connectivity index (χ4n) is 1.69. The average Bonchev–Trinajstić information content (AvgIpc) is 2.40. The van der Waals surface area contributed by atoms with Crippen molar-refractivity contribution >= 4 is 45.8 Å². The maximum atomic E-state index is 11.8. The highest BCUT2D eigenvalue weighted by Crippen LogP contribution is 2.21. The molecule has 6 heteroatoms. The number of amides is 1. The van der Waals surface area contributed by atoms with Crippen molar-refractivity contribution in [1.82, 2.24) is 5.32 Å². The average molecular weight is 384 g/mol. The van der Waals surface area contributed by atoms with Crippen molar-refractivity contribution in [1.29, 1.82) is 0 Å². The molecule has 3 nitrogen and oxygen atoms in total. The standard InChI is InChI=1S/C14H20BrClN2O.ClH/c1-3-9(2)13(17)14(19)18-7-6-10-8-11(16)4-5-12(10)15;/h4-5,8-9,13H,3,6-7,17H2,1-2H3,(H,18,19);1H. The zero-order valence-corrected chi connectivity index (χ0v) is 14.8. The first-order valence-corrected chi connectivity index (χ1v) is 7.60. The molecule has 0 aliphatic rings. The maximum Gasteiger partial charge on any atom is 0.237 e. The van der Waals surface area contributed by atoms with Crippen molar-refractivity contribution in [3.05, 3.63) is 33.3 Å². The van der Waals surface area contributed by atoms with Gasteiger partial charge in [0.2, 0.25) is 5.91 Å². The minimum atomic E-state index is -0.437. The van der Waals surface area contributed by atoms with Crippen LogP contribution in [0.4, 0.5) is 0 Å². The van der Waals surface area contributed by atoms with E-state index in [4.69, 9.17) is 17.3 Å². The van der Waals surface area contributed by atoms with E-state index in [1.165, 1.54) is 0 Å². The van der Waals surface area contributed by atoms with E-state index >= 15 is 0 Å². The third-order valence-corrected chi connectivity index (χ3v) is 4.27. The van der Waals surface area contributed by atoms with E-state index in [0.717, 1.165) is 22.9 Å². The van der Waals surface area contributed by atoms with Crippen LogP contribution in [0.25, 0.3) is 0 Å². The highest BCUT2D eigenvalue weighted by atomic mass is 79.9. The van der Waals surface area contributed by atoms with Gasteiger partial charge in [0, 0.05) is 16.0 Å². The molecule has 0 fully saturated rings. The summed E-state index contributed by atoms with van der Waals surface area (Å²) in [6.45, 7) is 4.57. The summed E-state index contributed by atoms with van der Waals surface area (Å²) in [5.41, 5.74) is 6.94. The number of rotatable bonds is 6. The van der Waals surface area contributed by atoms with Crippen LogP contribution in [0.15, 0.2) is 22.7 Å². The minimum Gasteiger partial charge on any atom is -0.354 e. The van der Waals surface area contributed by atoms with Gasteiger partial charge in [0.15, 0.2) is 0 Å². The first-order chi connectivity index (χ1) is 8.95. The van der Waals surface area contributed by atoms with Gasteiger partial charge in [-0.1, -0.05) is 47.8 Å². The zero-order chi connectivity index (χ0) is 14.4. The maximum absolute atomic E-state index is 11.8. The molecule has 1 amide bonds. The Morgan fingerprint density at radius 2 is 2.15 bits per heavy atom. The van der Waals surface area contributed by atoms with Gasteiger partial charge in [-0.25, -0.2) is 0 Å². The molecule has 114 valence electrons. The number of benzene rings is 1. The molecule has 0 saturated heterocycles. The molecule has 20 heavy (non-hydrogen) atoms. The Kier molecular flexibility index (Phi) is 9.47. The van der Waals surface area contributed by atoms with Gasteiger partial charge in [-0.3, -0.25) is 4.79 Å². The van der Waals surface area contributed by atoms with Crippen LogP contribution in [0.5, 0.6) is 0 Å². The van der Waals surface area contributed by atoms with E-state index in [1.54, 1.807) is 0 Å². The Bertz CT molecular complexity index is 443. The lowest BCUT2D eigenvalue weighted by molar-refractivity contribution is -0.123. The van der Waals surface area contributed by atoms with Gasteiger partial charge in [0.25, 0.3) is 0 Å². The molecule has 0 aromatic heterocycles. The first kappa shape index (κ1) is 19.7. The lowest BCUT2D eigenvalue weighted by Crippen LogP contribution is -2.45. The summed E-state index contributed by atoms with van der Waals surface area (Å²) in [6, 6.07) is 5.19. The number of hydrogen-bond acceptors (Lipinski definition) is 2. The van der Waals surface area contributed by atoms with Crippen molar-refractivity contribution in [2.75, 3.05) is 6.54 Å². The van der Waals surface area contributed by atoms with Crippen LogP contribution in [-0.2, 0) is 11.2 Å². The van der Waals surface area contributed by atoms with Crippen LogP contribution in [0.2, 0.25) is 5.02 Å². The van der Waals surface area contributed by atoms with Crippen molar-refractivity contribution in [2.24, 2.45) is 11.7 Å². The summed E-state index contributed by atoms with van der Waals surface area (Å²) in [4.78, 5) is 11.8. The minimum absolute atomic E-state index is 0. The third kappa shape index (κ3) is 6.00. The Morgan fingerprint density at radius 1 is 1.50 bits per heavy atom. The molecule has 1 rings (SSSR count). The number of nitrogens with one attached hydrogen (secondary N) is 1. The van der Waals surface area contributed by atoms with Crippen molar-refractivity contribution in [3.63, 3.8) is 0 Å². The molecular weight excluding hydrogens is 363 g/mol. The van der Waals surface area contributed by atoms with E-state index in [2.05, 4.69) is 21.2 Å². The molecule has 1 aromatic rings.